The topological polar surface area (TPSA) is 95.0 Å². The molecule has 0 aliphatic heterocycles. The monoisotopic (exact) mass is 297 g/mol. The second-order valence-electron chi connectivity index (χ2n) is 4.30. The highest BCUT2D eigenvalue weighted by atomic mass is 16.7. The molecule has 1 N–H and O–H groups in total. The van der Waals surface area contributed by atoms with Crippen molar-refractivity contribution in [3.05, 3.63) is 17.8 Å². The fraction of sp³-hybridized carbons (Fsp3) is 0.500. The largest absolute Gasteiger partial charge is 0.512 e. The lowest BCUT2D eigenvalue weighted by atomic mass is 10.2. The zero-order valence-electron chi connectivity index (χ0n) is 12.1. The number of methoxy groups -OCH3 is 1. The molecule has 0 unspecified atom stereocenters. The Bertz CT molecular complexity index is 488. The number of nitrogens with zero attached hydrogens (tertiary/aromatic N) is 1. The van der Waals surface area contributed by atoms with Gasteiger partial charge >= 0.3 is 12.1 Å². The van der Waals surface area contributed by atoms with Crippen molar-refractivity contribution in [1.29, 1.82) is 0 Å². The van der Waals surface area contributed by atoms with Crippen LogP contribution in [0.5, 0.6) is 11.6 Å². The van der Waals surface area contributed by atoms with Crippen molar-refractivity contribution in [2.45, 2.75) is 32.6 Å². The molecule has 21 heavy (non-hydrogen) atoms. The SMILES string of the molecule is CCCCCCOC(=O)c1cnc(OC(=O)O)c(OC)c1. The maximum Gasteiger partial charge on any atom is 0.512 e. The summed E-state index contributed by atoms with van der Waals surface area (Å²) in [4.78, 5) is 26.0. The van der Waals surface area contributed by atoms with Gasteiger partial charge in [0.1, 0.15) is 0 Å². The Hall–Kier alpha value is -2.31. The Balaban J connectivity index is 2.62. The molecule has 0 amide bonds. The fourth-order valence-corrected chi connectivity index (χ4v) is 1.63. The van der Waals surface area contributed by atoms with E-state index in [0.29, 0.717) is 6.61 Å². The molecule has 0 fully saturated rings. The molecule has 0 saturated carbocycles. The third kappa shape index (κ3) is 5.68. The van der Waals surface area contributed by atoms with E-state index in [1.807, 2.05) is 0 Å². The van der Waals surface area contributed by atoms with Crippen LogP contribution in [0.4, 0.5) is 4.79 Å². The van der Waals surface area contributed by atoms with E-state index in [1.165, 1.54) is 19.4 Å². The number of carbonyl (C=O) groups excluding carboxylic acids is 1. The third-order valence-corrected chi connectivity index (χ3v) is 2.69. The van der Waals surface area contributed by atoms with E-state index in [2.05, 4.69) is 16.6 Å². The molecule has 0 aliphatic carbocycles. The minimum Gasteiger partial charge on any atom is -0.491 e. The van der Waals surface area contributed by atoms with Crippen LogP contribution < -0.4 is 9.47 Å². The first kappa shape index (κ1) is 16.7. The van der Waals surface area contributed by atoms with Crippen molar-refractivity contribution in [2.24, 2.45) is 0 Å². The molecular formula is C14H19NO6. The van der Waals surface area contributed by atoms with Gasteiger partial charge in [0.2, 0.25) is 0 Å². The van der Waals surface area contributed by atoms with Gasteiger partial charge in [-0.1, -0.05) is 26.2 Å². The maximum absolute atomic E-state index is 11.8. The van der Waals surface area contributed by atoms with E-state index < -0.39 is 12.1 Å². The minimum atomic E-state index is -1.51. The predicted octanol–water partition coefficient (Wildman–Crippen LogP) is 2.88. The lowest BCUT2D eigenvalue weighted by Crippen LogP contribution is -2.10. The van der Waals surface area contributed by atoms with Crippen molar-refractivity contribution in [3.63, 3.8) is 0 Å². The summed E-state index contributed by atoms with van der Waals surface area (Å²) < 4.78 is 14.5. The zero-order chi connectivity index (χ0) is 15.7. The quantitative estimate of drug-likeness (QED) is 0.582. The zero-order valence-corrected chi connectivity index (χ0v) is 12.1. The van der Waals surface area contributed by atoms with Crippen LogP contribution in [0.3, 0.4) is 0 Å². The third-order valence-electron chi connectivity index (χ3n) is 2.69. The van der Waals surface area contributed by atoms with Crippen LogP contribution in [0.25, 0.3) is 0 Å². The summed E-state index contributed by atoms with van der Waals surface area (Å²) in [6.45, 7) is 2.44. The van der Waals surface area contributed by atoms with Gasteiger partial charge in [-0.2, -0.15) is 0 Å². The number of hydrogen-bond donors (Lipinski definition) is 1. The Labute approximate surface area is 122 Å². The molecule has 7 heteroatoms. The summed E-state index contributed by atoms with van der Waals surface area (Å²) >= 11 is 0. The van der Waals surface area contributed by atoms with Gasteiger partial charge in [0, 0.05) is 12.3 Å². The lowest BCUT2D eigenvalue weighted by molar-refractivity contribution is 0.0497. The highest BCUT2D eigenvalue weighted by molar-refractivity contribution is 5.89. The van der Waals surface area contributed by atoms with E-state index in [-0.39, 0.29) is 17.2 Å². The average Bonchev–Trinajstić information content (AvgIpc) is 2.46. The van der Waals surface area contributed by atoms with Crippen molar-refractivity contribution in [1.82, 2.24) is 4.98 Å². The first-order valence-electron chi connectivity index (χ1n) is 6.70. The first-order chi connectivity index (χ1) is 10.1. The molecule has 0 saturated heterocycles. The standard InChI is InChI=1S/C14H19NO6/c1-3-4-5-6-7-20-13(16)10-8-11(19-2)12(15-9-10)21-14(17)18/h8-9H,3-7H2,1-2H3,(H,17,18). The van der Waals surface area contributed by atoms with E-state index in [0.717, 1.165) is 25.7 Å². The van der Waals surface area contributed by atoms with Gasteiger partial charge in [0.25, 0.3) is 5.88 Å². The molecule has 116 valence electrons. The number of rotatable bonds is 8. The highest BCUT2D eigenvalue weighted by Gasteiger charge is 2.15. The van der Waals surface area contributed by atoms with Crippen LogP contribution in [-0.2, 0) is 4.74 Å². The van der Waals surface area contributed by atoms with Crippen LogP contribution in [0.1, 0.15) is 43.0 Å². The summed E-state index contributed by atoms with van der Waals surface area (Å²) in [5, 5.41) is 8.54. The molecule has 0 atom stereocenters. The molecule has 1 heterocycles. The smallest absolute Gasteiger partial charge is 0.491 e. The van der Waals surface area contributed by atoms with Gasteiger partial charge in [0.05, 0.1) is 19.3 Å². The van der Waals surface area contributed by atoms with Crippen molar-refractivity contribution in [3.8, 4) is 11.6 Å². The molecule has 1 aromatic rings. The van der Waals surface area contributed by atoms with Gasteiger partial charge in [-0.05, 0) is 6.42 Å². The van der Waals surface area contributed by atoms with Crippen molar-refractivity contribution < 1.29 is 28.9 Å². The number of unbranched alkanes of at least 4 members (excludes halogenated alkanes) is 3. The molecule has 1 aromatic heterocycles. The number of hydrogen-bond acceptors (Lipinski definition) is 6. The van der Waals surface area contributed by atoms with Crippen LogP contribution >= 0.6 is 0 Å². The second-order valence-corrected chi connectivity index (χ2v) is 4.30. The molecule has 7 nitrogen and oxygen atoms in total. The van der Waals surface area contributed by atoms with E-state index in [4.69, 9.17) is 14.6 Å². The molecule has 0 aliphatic rings. The Kier molecular flexibility index (Phi) is 7.00. The molecular weight excluding hydrogens is 278 g/mol. The lowest BCUT2D eigenvalue weighted by Gasteiger charge is -2.08. The van der Waals surface area contributed by atoms with Gasteiger partial charge in [-0.15, -0.1) is 0 Å². The average molecular weight is 297 g/mol. The summed E-state index contributed by atoms with van der Waals surface area (Å²) in [5.41, 5.74) is 0.181. The Morgan fingerprint density at radius 3 is 2.67 bits per heavy atom. The Morgan fingerprint density at radius 2 is 2.05 bits per heavy atom. The van der Waals surface area contributed by atoms with E-state index >= 15 is 0 Å². The van der Waals surface area contributed by atoms with Gasteiger partial charge in [-0.25, -0.2) is 14.6 Å². The number of ether oxygens (including phenoxy) is 3. The Morgan fingerprint density at radius 1 is 1.29 bits per heavy atom. The van der Waals surface area contributed by atoms with Crippen LogP contribution in [0, 0.1) is 0 Å². The van der Waals surface area contributed by atoms with E-state index in [1.54, 1.807) is 0 Å². The molecule has 0 aromatic carbocycles. The van der Waals surface area contributed by atoms with Gasteiger partial charge in [0.15, 0.2) is 5.75 Å². The molecule has 0 spiro atoms. The number of aromatic nitrogens is 1. The summed E-state index contributed by atoms with van der Waals surface area (Å²) in [5.74, 6) is -0.693. The van der Waals surface area contributed by atoms with Crippen molar-refractivity contribution in [2.75, 3.05) is 13.7 Å². The maximum atomic E-state index is 11.8. The number of pyridine rings is 1. The fourth-order valence-electron chi connectivity index (χ4n) is 1.63. The van der Waals surface area contributed by atoms with E-state index in [9.17, 15) is 9.59 Å². The number of carboxylic acid groups (broad SMARTS) is 1. The highest BCUT2D eigenvalue weighted by Crippen LogP contribution is 2.25. The van der Waals surface area contributed by atoms with Crippen LogP contribution in [0.15, 0.2) is 12.3 Å². The number of carbonyl (C=O) groups is 2. The predicted molar refractivity (Wildman–Crippen MR) is 73.9 cm³/mol. The van der Waals surface area contributed by atoms with Gasteiger partial charge < -0.3 is 19.3 Å². The number of esters is 1. The van der Waals surface area contributed by atoms with Crippen LogP contribution in [-0.4, -0.2) is 35.9 Å². The summed E-state index contributed by atoms with van der Waals surface area (Å²) in [6.07, 6.45) is 3.72. The molecule has 0 radical (unpaired) electrons. The first-order valence-corrected chi connectivity index (χ1v) is 6.70. The summed E-state index contributed by atoms with van der Waals surface area (Å²) in [7, 11) is 1.32. The second kappa shape index (κ2) is 8.78. The van der Waals surface area contributed by atoms with Crippen molar-refractivity contribution >= 4 is 12.1 Å². The van der Waals surface area contributed by atoms with Crippen LogP contribution in [0.2, 0.25) is 0 Å². The van der Waals surface area contributed by atoms with Gasteiger partial charge in [-0.3, -0.25) is 0 Å². The normalized spacial score (nSPS) is 10.0. The summed E-state index contributed by atoms with van der Waals surface area (Å²) in [6, 6.07) is 1.33. The molecule has 0 bridgehead atoms. The molecule has 1 rings (SSSR count). The minimum absolute atomic E-state index is 0.0535.